The number of benzene rings is 1. The lowest BCUT2D eigenvalue weighted by atomic mass is 9.73. The smallest absolute Gasteiger partial charge is 0.409 e. The standard InChI is InChI=1S/C27H34FN7O4/c1-31-8-4-5-18-22(31)29-25(30-23(18)36)34-9-6-27(7-10-34)21-19(28)15-17(16-20(21)32(2)24(27)37)33-11-13-35(14-12-33)26(38)39-3/h15-16H,4-14H2,1-3H3,(H,29,30,36). The Labute approximate surface area is 226 Å². The summed E-state index contributed by atoms with van der Waals surface area (Å²) in [5.41, 5.74) is 1.41. The van der Waals surface area contributed by atoms with Crippen LogP contribution in [0.1, 0.15) is 30.4 Å². The Kier molecular flexibility index (Phi) is 6.15. The largest absolute Gasteiger partial charge is 0.453 e. The van der Waals surface area contributed by atoms with E-state index in [0.29, 0.717) is 92.8 Å². The number of halogens is 1. The van der Waals surface area contributed by atoms with Gasteiger partial charge in [-0.25, -0.2) is 9.18 Å². The highest BCUT2D eigenvalue weighted by molar-refractivity contribution is 6.08. The molecule has 208 valence electrons. The Morgan fingerprint density at radius 2 is 1.74 bits per heavy atom. The third-order valence-corrected chi connectivity index (χ3v) is 8.87. The second-order valence-corrected chi connectivity index (χ2v) is 10.9. The van der Waals surface area contributed by atoms with Crippen LogP contribution in [0.5, 0.6) is 0 Å². The van der Waals surface area contributed by atoms with Crippen molar-refractivity contribution >= 4 is 35.1 Å². The van der Waals surface area contributed by atoms with Crippen LogP contribution in [0.2, 0.25) is 0 Å². The molecule has 0 aliphatic carbocycles. The summed E-state index contributed by atoms with van der Waals surface area (Å²) < 4.78 is 20.7. The summed E-state index contributed by atoms with van der Waals surface area (Å²) in [6.07, 6.45) is 2.12. The van der Waals surface area contributed by atoms with Crippen molar-refractivity contribution in [3.8, 4) is 0 Å². The summed E-state index contributed by atoms with van der Waals surface area (Å²) in [5.74, 6) is 0.734. The maximum Gasteiger partial charge on any atom is 0.409 e. The first-order chi connectivity index (χ1) is 18.7. The second kappa shape index (κ2) is 9.42. The summed E-state index contributed by atoms with van der Waals surface area (Å²) in [7, 11) is 5.01. The van der Waals surface area contributed by atoms with Gasteiger partial charge < -0.3 is 29.2 Å². The Hall–Kier alpha value is -3.83. The molecule has 5 heterocycles. The van der Waals surface area contributed by atoms with E-state index in [1.165, 1.54) is 13.2 Å². The SMILES string of the molecule is COC(=O)N1CCN(c2cc(F)c3c(c2)N(C)C(=O)C32CCN(c3nc4c(c(=O)[nH]3)CCCN4C)CC2)CC1. The van der Waals surface area contributed by atoms with Gasteiger partial charge in [-0.15, -0.1) is 0 Å². The van der Waals surface area contributed by atoms with Gasteiger partial charge in [0.15, 0.2) is 0 Å². The molecule has 11 nitrogen and oxygen atoms in total. The number of hydrogen-bond acceptors (Lipinski definition) is 8. The summed E-state index contributed by atoms with van der Waals surface area (Å²) in [4.78, 5) is 55.2. The van der Waals surface area contributed by atoms with Crippen molar-refractivity contribution in [1.82, 2.24) is 14.9 Å². The van der Waals surface area contributed by atoms with Crippen molar-refractivity contribution in [3.63, 3.8) is 0 Å². The molecule has 0 bridgehead atoms. The number of H-pyrrole nitrogens is 1. The van der Waals surface area contributed by atoms with Crippen LogP contribution in [-0.2, 0) is 21.4 Å². The van der Waals surface area contributed by atoms with Gasteiger partial charge in [-0.3, -0.25) is 14.6 Å². The molecule has 2 amide bonds. The van der Waals surface area contributed by atoms with E-state index in [9.17, 15) is 14.4 Å². The van der Waals surface area contributed by atoms with Gasteiger partial charge in [-0.1, -0.05) is 0 Å². The number of carbonyl (C=O) groups is 2. The number of likely N-dealkylation sites (N-methyl/N-ethyl adjacent to an activating group) is 1. The van der Waals surface area contributed by atoms with Crippen LogP contribution in [0.15, 0.2) is 16.9 Å². The van der Waals surface area contributed by atoms with Crippen LogP contribution in [0.25, 0.3) is 0 Å². The average molecular weight is 540 g/mol. The Morgan fingerprint density at radius 1 is 1.03 bits per heavy atom. The molecule has 4 aliphatic rings. The topological polar surface area (TPSA) is 105 Å². The number of nitrogens with zero attached hydrogens (tertiary/aromatic N) is 6. The van der Waals surface area contributed by atoms with Gasteiger partial charge in [0.1, 0.15) is 11.6 Å². The van der Waals surface area contributed by atoms with E-state index in [1.807, 2.05) is 27.8 Å². The van der Waals surface area contributed by atoms with Gasteiger partial charge in [-0.2, -0.15) is 4.98 Å². The zero-order valence-electron chi connectivity index (χ0n) is 22.6. The molecular weight excluding hydrogens is 505 g/mol. The molecule has 0 unspecified atom stereocenters. The minimum Gasteiger partial charge on any atom is -0.453 e. The minimum atomic E-state index is -0.946. The quantitative estimate of drug-likeness (QED) is 0.615. The third kappa shape index (κ3) is 3.99. The van der Waals surface area contributed by atoms with Crippen molar-refractivity contribution in [3.05, 3.63) is 39.4 Å². The lowest BCUT2D eigenvalue weighted by molar-refractivity contribution is -0.123. The molecule has 1 N–H and O–H groups in total. The highest BCUT2D eigenvalue weighted by atomic mass is 19.1. The lowest BCUT2D eigenvalue weighted by Gasteiger charge is -2.39. The number of hydrogen-bond donors (Lipinski definition) is 1. The van der Waals surface area contributed by atoms with Gasteiger partial charge in [0.05, 0.1) is 23.8 Å². The number of anilines is 4. The number of nitrogens with one attached hydrogen (secondary N) is 1. The fraction of sp³-hybridized carbons (Fsp3) is 0.556. The van der Waals surface area contributed by atoms with Gasteiger partial charge >= 0.3 is 6.09 Å². The summed E-state index contributed by atoms with van der Waals surface area (Å²) in [6.45, 7) is 3.86. The lowest BCUT2D eigenvalue weighted by Crippen LogP contribution is -2.49. The number of aromatic nitrogens is 2. The van der Waals surface area contributed by atoms with Crippen LogP contribution in [0, 0.1) is 5.82 Å². The molecule has 0 radical (unpaired) electrons. The number of ether oxygens (including phenoxy) is 1. The minimum absolute atomic E-state index is 0.102. The number of rotatable bonds is 2. The molecule has 1 aromatic carbocycles. The van der Waals surface area contributed by atoms with Gasteiger partial charge in [0.2, 0.25) is 11.9 Å². The number of aromatic amines is 1. The normalized spacial score (nSPS) is 20.4. The van der Waals surface area contributed by atoms with E-state index in [-0.39, 0.29) is 23.4 Å². The molecule has 0 atom stereocenters. The average Bonchev–Trinajstić information content (AvgIpc) is 3.15. The van der Waals surface area contributed by atoms with Gasteiger partial charge in [0.25, 0.3) is 5.56 Å². The van der Waals surface area contributed by atoms with E-state index < -0.39 is 5.41 Å². The molecule has 2 fully saturated rings. The predicted octanol–water partition coefficient (Wildman–Crippen LogP) is 1.69. The number of carbonyl (C=O) groups excluding carboxylic acids is 2. The van der Waals surface area contributed by atoms with Gasteiger partial charge in [-0.05, 0) is 37.8 Å². The Bertz CT molecular complexity index is 1380. The number of methoxy groups -OCH3 is 1. The molecule has 12 heteroatoms. The first-order valence-electron chi connectivity index (χ1n) is 13.5. The maximum atomic E-state index is 15.9. The van der Waals surface area contributed by atoms with Crippen molar-refractivity contribution < 1.29 is 18.7 Å². The predicted molar refractivity (Wildman–Crippen MR) is 146 cm³/mol. The highest BCUT2D eigenvalue weighted by Crippen LogP contribution is 2.50. The highest BCUT2D eigenvalue weighted by Gasteiger charge is 2.53. The first-order valence-corrected chi connectivity index (χ1v) is 13.5. The Morgan fingerprint density at radius 3 is 2.44 bits per heavy atom. The molecule has 1 aromatic heterocycles. The maximum absolute atomic E-state index is 15.9. The van der Waals surface area contributed by atoms with Crippen LogP contribution in [-0.4, -0.2) is 93.9 Å². The molecule has 39 heavy (non-hydrogen) atoms. The monoisotopic (exact) mass is 539 g/mol. The van der Waals surface area contributed by atoms with Gasteiger partial charge in [0, 0.05) is 71.2 Å². The molecule has 4 aliphatic heterocycles. The molecule has 2 aromatic rings. The molecule has 0 saturated carbocycles. The second-order valence-electron chi connectivity index (χ2n) is 10.9. The number of piperidine rings is 1. The summed E-state index contributed by atoms with van der Waals surface area (Å²) >= 11 is 0. The summed E-state index contributed by atoms with van der Waals surface area (Å²) in [5, 5.41) is 0. The van der Waals surface area contributed by atoms with Crippen molar-refractivity contribution in [2.45, 2.75) is 31.1 Å². The number of fused-ring (bicyclic) bond motifs is 3. The van der Waals surface area contributed by atoms with Crippen molar-refractivity contribution in [2.24, 2.45) is 0 Å². The Balaban J connectivity index is 1.24. The van der Waals surface area contributed by atoms with E-state index in [2.05, 4.69) is 4.98 Å². The van der Waals surface area contributed by atoms with Crippen LogP contribution >= 0.6 is 0 Å². The molecule has 2 saturated heterocycles. The fourth-order valence-electron chi connectivity index (χ4n) is 6.64. The summed E-state index contributed by atoms with van der Waals surface area (Å²) in [6, 6.07) is 3.41. The molecule has 6 rings (SSSR count). The van der Waals surface area contributed by atoms with Crippen molar-refractivity contribution in [2.75, 3.05) is 86.6 Å². The zero-order valence-corrected chi connectivity index (χ0v) is 22.6. The zero-order chi connectivity index (χ0) is 27.5. The fourth-order valence-corrected chi connectivity index (χ4v) is 6.64. The van der Waals surface area contributed by atoms with Crippen LogP contribution < -0.4 is 25.2 Å². The van der Waals surface area contributed by atoms with Crippen LogP contribution in [0.4, 0.5) is 32.3 Å². The van der Waals surface area contributed by atoms with E-state index >= 15 is 4.39 Å². The van der Waals surface area contributed by atoms with Crippen molar-refractivity contribution in [1.29, 1.82) is 0 Å². The van der Waals surface area contributed by atoms with E-state index in [1.54, 1.807) is 16.8 Å². The van der Waals surface area contributed by atoms with E-state index in [0.717, 1.165) is 13.0 Å². The third-order valence-electron chi connectivity index (χ3n) is 8.87. The number of piperazine rings is 1. The van der Waals surface area contributed by atoms with E-state index in [4.69, 9.17) is 9.72 Å². The molecular formula is C27H34FN7O4. The number of amides is 2. The van der Waals surface area contributed by atoms with Crippen LogP contribution in [0.3, 0.4) is 0 Å². The first kappa shape index (κ1) is 25.4. The molecule has 1 spiro atoms.